The number of aromatic nitrogens is 1. The van der Waals surface area contributed by atoms with E-state index in [1.165, 1.54) is 35.6 Å². The van der Waals surface area contributed by atoms with Crippen LogP contribution in [0.3, 0.4) is 0 Å². The van der Waals surface area contributed by atoms with Crippen LogP contribution in [-0.2, 0) is 14.6 Å². The number of aryl methyl sites for hydroxylation is 1. The fraction of sp³-hybridized carbons (Fsp3) is 0.333. The Hall–Kier alpha value is -2.00. The third-order valence-electron chi connectivity index (χ3n) is 5.05. The van der Waals surface area contributed by atoms with Gasteiger partial charge in [-0.15, -0.1) is 0 Å². The number of carbonyl (C=O) groups is 1. The number of thiazole rings is 1. The highest BCUT2D eigenvalue weighted by Crippen LogP contribution is 2.34. The van der Waals surface area contributed by atoms with Gasteiger partial charge in [-0.05, 0) is 61.7 Å². The molecule has 30 heavy (non-hydrogen) atoms. The summed E-state index contributed by atoms with van der Waals surface area (Å²) in [6, 6.07) is 9.68. The van der Waals surface area contributed by atoms with Crippen LogP contribution in [0, 0.1) is 6.92 Å². The third kappa shape index (κ3) is 4.37. The Labute approximate surface area is 184 Å². The van der Waals surface area contributed by atoms with Crippen molar-refractivity contribution in [2.75, 3.05) is 24.3 Å². The summed E-state index contributed by atoms with van der Waals surface area (Å²) >= 11 is 7.60. The number of rotatable bonds is 5. The van der Waals surface area contributed by atoms with Crippen molar-refractivity contribution in [1.29, 1.82) is 0 Å². The van der Waals surface area contributed by atoms with E-state index in [0.29, 0.717) is 28.9 Å². The van der Waals surface area contributed by atoms with Gasteiger partial charge < -0.3 is 4.74 Å². The summed E-state index contributed by atoms with van der Waals surface area (Å²) in [6.07, 6.45) is 2.93. The molecule has 2 aromatic carbocycles. The Morgan fingerprint density at radius 1 is 1.30 bits per heavy atom. The zero-order valence-electron chi connectivity index (χ0n) is 16.6. The molecule has 1 atom stereocenters. The van der Waals surface area contributed by atoms with E-state index in [0.717, 1.165) is 34.9 Å². The van der Waals surface area contributed by atoms with E-state index in [1.807, 2.05) is 19.1 Å². The van der Waals surface area contributed by atoms with Crippen molar-refractivity contribution < 1.29 is 17.9 Å². The van der Waals surface area contributed by atoms with Crippen LogP contribution in [0.2, 0.25) is 5.02 Å². The fourth-order valence-electron chi connectivity index (χ4n) is 3.50. The topological polar surface area (TPSA) is 76.6 Å². The number of benzene rings is 2. The number of halogens is 1. The maximum atomic E-state index is 13.4. The standard InChI is InChI=1S/C21H21ClN2O4S2/c1-13-10-15(22)11-18-19(13)23-21(29-18)24(12-16-4-3-9-28-16)20(25)14-5-7-17(8-6-14)30(2,26)27/h5-8,10-11,16H,3-4,9,12H2,1-2H3. The fourth-order valence-corrected chi connectivity index (χ4v) is 5.56. The first kappa shape index (κ1) is 21.2. The van der Waals surface area contributed by atoms with E-state index in [9.17, 15) is 13.2 Å². The molecular formula is C21H21ClN2O4S2. The molecule has 0 saturated carbocycles. The molecule has 0 radical (unpaired) electrons. The van der Waals surface area contributed by atoms with Crippen molar-refractivity contribution in [3.05, 3.63) is 52.5 Å². The molecule has 0 spiro atoms. The predicted molar refractivity (Wildman–Crippen MR) is 120 cm³/mol. The van der Waals surface area contributed by atoms with Crippen LogP contribution >= 0.6 is 22.9 Å². The lowest BCUT2D eigenvalue weighted by molar-refractivity contribution is 0.0917. The summed E-state index contributed by atoms with van der Waals surface area (Å²) in [5.41, 5.74) is 2.16. The molecule has 158 valence electrons. The zero-order chi connectivity index (χ0) is 21.5. The Morgan fingerprint density at radius 3 is 2.67 bits per heavy atom. The third-order valence-corrected chi connectivity index (χ3v) is 7.43. The summed E-state index contributed by atoms with van der Waals surface area (Å²) in [6.45, 7) is 3.01. The van der Waals surface area contributed by atoms with Crippen molar-refractivity contribution in [3.8, 4) is 0 Å². The normalized spacial score (nSPS) is 16.8. The number of hydrogen-bond acceptors (Lipinski definition) is 6. The van der Waals surface area contributed by atoms with E-state index in [2.05, 4.69) is 0 Å². The van der Waals surface area contributed by atoms with Crippen molar-refractivity contribution >= 4 is 54.0 Å². The monoisotopic (exact) mass is 464 g/mol. The molecule has 1 amide bonds. The summed E-state index contributed by atoms with van der Waals surface area (Å²) in [5.74, 6) is -0.242. The highest BCUT2D eigenvalue weighted by Gasteiger charge is 2.27. The van der Waals surface area contributed by atoms with Crippen LogP contribution in [0.5, 0.6) is 0 Å². The van der Waals surface area contributed by atoms with E-state index in [1.54, 1.807) is 4.90 Å². The first-order valence-electron chi connectivity index (χ1n) is 9.52. The number of fused-ring (bicyclic) bond motifs is 1. The Bertz CT molecular complexity index is 1200. The largest absolute Gasteiger partial charge is 0.376 e. The molecule has 9 heteroatoms. The highest BCUT2D eigenvalue weighted by atomic mass is 35.5. The van der Waals surface area contributed by atoms with Gasteiger partial charge in [-0.3, -0.25) is 9.69 Å². The maximum Gasteiger partial charge on any atom is 0.260 e. The molecule has 1 fully saturated rings. The number of ether oxygens (including phenoxy) is 1. The van der Waals surface area contributed by atoms with Gasteiger partial charge in [0.1, 0.15) is 0 Å². The van der Waals surface area contributed by atoms with Crippen LogP contribution < -0.4 is 4.90 Å². The van der Waals surface area contributed by atoms with Crippen molar-refractivity contribution in [3.63, 3.8) is 0 Å². The number of sulfone groups is 1. The molecule has 1 aliphatic heterocycles. The summed E-state index contributed by atoms with van der Waals surface area (Å²) < 4.78 is 30.1. The zero-order valence-corrected chi connectivity index (χ0v) is 19.0. The first-order valence-corrected chi connectivity index (χ1v) is 12.6. The maximum absolute atomic E-state index is 13.4. The Kier molecular flexibility index (Phi) is 5.85. The number of nitrogens with zero attached hydrogens (tertiary/aromatic N) is 2. The summed E-state index contributed by atoms with van der Waals surface area (Å²) in [5, 5.41) is 1.20. The summed E-state index contributed by atoms with van der Waals surface area (Å²) in [4.78, 5) is 19.9. The molecule has 0 bridgehead atoms. The number of anilines is 1. The average molecular weight is 465 g/mol. The van der Waals surface area contributed by atoms with Crippen molar-refractivity contribution in [2.24, 2.45) is 0 Å². The van der Waals surface area contributed by atoms with Crippen LogP contribution in [0.15, 0.2) is 41.3 Å². The van der Waals surface area contributed by atoms with E-state index in [4.69, 9.17) is 21.3 Å². The SMILES string of the molecule is Cc1cc(Cl)cc2sc(N(CC3CCCO3)C(=O)c3ccc(S(C)(=O)=O)cc3)nc12. The van der Waals surface area contributed by atoms with Gasteiger partial charge >= 0.3 is 0 Å². The number of carbonyl (C=O) groups excluding carboxylic acids is 1. The molecule has 3 aromatic rings. The molecule has 1 aliphatic rings. The smallest absolute Gasteiger partial charge is 0.260 e. The Balaban J connectivity index is 1.72. The van der Waals surface area contributed by atoms with Crippen molar-refractivity contribution in [2.45, 2.75) is 30.8 Å². The second-order valence-electron chi connectivity index (χ2n) is 7.41. The molecule has 1 saturated heterocycles. The van der Waals surface area contributed by atoms with Gasteiger partial charge in [-0.1, -0.05) is 22.9 Å². The minimum Gasteiger partial charge on any atom is -0.376 e. The molecular weight excluding hydrogens is 444 g/mol. The first-order chi connectivity index (χ1) is 14.2. The van der Waals surface area contributed by atoms with Crippen LogP contribution in [0.4, 0.5) is 5.13 Å². The number of amides is 1. The average Bonchev–Trinajstić information content (AvgIpc) is 3.34. The van der Waals surface area contributed by atoms with E-state index >= 15 is 0 Å². The second kappa shape index (κ2) is 8.26. The predicted octanol–water partition coefficient (Wildman–Crippen LogP) is 4.49. The van der Waals surface area contributed by atoms with Crippen LogP contribution in [0.1, 0.15) is 28.8 Å². The Morgan fingerprint density at radius 2 is 2.03 bits per heavy atom. The molecule has 1 aromatic heterocycles. The van der Waals surface area contributed by atoms with Crippen LogP contribution in [-0.4, -0.2) is 44.8 Å². The highest BCUT2D eigenvalue weighted by molar-refractivity contribution is 7.90. The van der Waals surface area contributed by atoms with Gasteiger partial charge in [0, 0.05) is 23.4 Å². The minimum atomic E-state index is -3.33. The van der Waals surface area contributed by atoms with Gasteiger partial charge in [0.05, 0.1) is 27.8 Å². The number of hydrogen-bond donors (Lipinski definition) is 0. The van der Waals surface area contributed by atoms with E-state index in [-0.39, 0.29) is 16.9 Å². The van der Waals surface area contributed by atoms with Gasteiger partial charge in [0.25, 0.3) is 5.91 Å². The van der Waals surface area contributed by atoms with Gasteiger partial charge in [-0.25, -0.2) is 13.4 Å². The van der Waals surface area contributed by atoms with Crippen LogP contribution in [0.25, 0.3) is 10.2 Å². The van der Waals surface area contributed by atoms with Gasteiger partial charge in [-0.2, -0.15) is 0 Å². The molecule has 0 aliphatic carbocycles. The quantitative estimate of drug-likeness (QED) is 0.556. The summed E-state index contributed by atoms with van der Waals surface area (Å²) in [7, 11) is -3.33. The molecule has 1 unspecified atom stereocenters. The molecule has 2 heterocycles. The lowest BCUT2D eigenvalue weighted by atomic mass is 10.2. The van der Waals surface area contributed by atoms with Gasteiger partial charge in [0.15, 0.2) is 15.0 Å². The molecule has 6 nitrogen and oxygen atoms in total. The lowest BCUT2D eigenvalue weighted by Gasteiger charge is -2.23. The molecule has 0 N–H and O–H groups in total. The van der Waals surface area contributed by atoms with E-state index < -0.39 is 9.84 Å². The van der Waals surface area contributed by atoms with Crippen molar-refractivity contribution in [1.82, 2.24) is 4.98 Å². The second-order valence-corrected chi connectivity index (χ2v) is 10.9. The lowest BCUT2D eigenvalue weighted by Crippen LogP contribution is -2.37. The minimum absolute atomic E-state index is 0.0547. The van der Waals surface area contributed by atoms with Gasteiger partial charge in [0.2, 0.25) is 0 Å². The molecule has 4 rings (SSSR count).